The Labute approximate surface area is 156 Å². The topological polar surface area (TPSA) is 64.4 Å². The Morgan fingerprint density at radius 1 is 1.35 bits per heavy atom. The number of aromatic nitrogens is 1. The number of nitrogens with zero attached hydrogens (tertiary/aromatic N) is 1. The molecular formula is C20H20N2O3S. The van der Waals surface area contributed by atoms with Crippen molar-refractivity contribution in [3.8, 4) is 5.75 Å². The Balaban J connectivity index is 1.43. The van der Waals surface area contributed by atoms with Gasteiger partial charge in [-0.15, -0.1) is 11.3 Å². The van der Waals surface area contributed by atoms with Gasteiger partial charge in [0.15, 0.2) is 10.9 Å². The second kappa shape index (κ2) is 7.33. The first-order valence-electron chi connectivity index (χ1n) is 8.73. The van der Waals surface area contributed by atoms with Crippen LogP contribution in [0.2, 0.25) is 0 Å². The molecule has 4 rings (SSSR count). The number of para-hydroxylation sites is 1. The number of carbonyl (C=O) groups excluding carboxylic acids is 1. The van der Waals surface area contributed by atoms with Crippen LogP contribution in [-0.4, -0.2) is 10.9 Å². The summed E-state index contributed by atoms with van der Waals surface area (Å²) in [6.45, 7) is 2.53. The van der Waals surface area contributed by atoms with E-state index in [0.717, 1.165) is 30.7 Å². The summed E-state index contributed by atoms with van der Waals surface area (Å²) < 4.78 is 11.1. The van der Waals surface area contributed by atoms with Crippen LogP contribution in [0.5, 0.6) is 5.75 Å². The van der Waals surface area contributed by atoms with Crippen LogP contribution in [0.1, 0.15) is 40.0 Å². The van der Waals surface area contributed by atoms with E-state index in [1.807, 2.05) is 30.3 Å². The summed E-state index contributed by atoms with van der Waals surface area (Å²) in [5, 5.41) is 3.51. The fourth-order valence-electron chi connectivity index (χ4n) is 3.07. The third kappa shape index (κ3) is 3.65. The van der Waals surface area contributed by atoms with Gasteiger partial charge in [-0.1, -0.05) is 25.1 Å². The standard InChI is InChI=1S/C20H20N2O3S/c1-13-7-8-16-17(11-13)26-20(21-16)22-19(23)18-14(9-10-24-18)12-25-15-5-3-2-4-6-15/h2-6,9-10,13H,7-8,11-12H2,1H3,(H,21,22,23). The molecule has 2 heterocycles. The van der Waals surface area contributed by atoms with Gasteiger partial charge in [0.1, 0.15) is 12.4 Å². The molecule has 0 saturated carbocycles. The van der Waals surface area contributed by atoms with Gasteiger partial charge in [-0.3, -0.25) is 10.1 Å². The number of anilines is 1. The average molecular weight is 368 g/mol. The highest BCUT2D eigenvalue weighted by molar-refractivity contribution is 7.15. The van der Waals surface area contributed by atoms with Crippen molar-refractivity contribution in [2.24, 2.45) is 5.92 Å². The molecule has 1 aromatic carbocycles. The highest BCUT2D eigenvalue weighted by atomic mass is 32.1. The molecule has 1 aliphatic rings. The van der Waals surface area contributed by atoms with E-state index >= 15 is 0 Å². The van der Waals surface area contributed by atoms with Crippen molar-refractivity contribution in [3.63, 3.8) is 0 Å². The monoisotopic (exact) mass is 368 g/mol. The second-order valence-electron chi connectivity index (χ2n) is 6.57. The highest BCUT2D eigenvalue weighted by Gasteiger charge is 2.22. The predicted octanol–water partition coefficient (Wildman–Crippen LogP) is 4.69. The Morgan fingerprint density at radius 3 is 3.04 bits per heavy atom. The minimum absolute atomic E-state index is 0.266. The van der Waals surface area contributed by atoms with E-state index in [9.17, 15) is 4.79 Å². The molecule has 0 radical (unpaired) electrons. The van der Waals surface area contributed by atoms with Gasteiger partial charge < -0.3 is 9.15 Å². The van der Waals surface area contributed by atoms with E-state index in [1.165, 1.54) is 11.1 Å². The molecule has 2 aromatic heterocycles. The van der Waals surface area contributed by atoms with Crippen LogP contribution >= 0.6 is 11.3 Å². The largest absolute Gasteiger partial charge is 0.489 e. The number of benzene rings is 1. The van der Waals surface area contributed by atoms with Crippen LogP contribution in [0.3, 0.4) is 0 Å². The first kappa shape index (κ1) is 16.8. The van der Waals surface area contributed by atoms with Gasteiger partial charge in [-0.05, 0) is 43.4 Å². The van der Waals surface area contributed by atoms with E-state index in [0.29, 0.717) is 16.6 Å². The van der Waals surface area contributed by atoms with Gasteiger partial charge >= 0.3 is 0 Å². The number of hydrogen-bond acceptors (Lipinski definition) is 5. The molecule has 0 bridgehead atoms. The Bertz CT molecular complexity index is 901. The lowest BCUT2D eigenvalue weighted by Gasteiger charge is -2.15. The fraction of sp³-hybridized carbons (Fsp3) is 0.300. The minimum atomic E-state index is -0.291. The Kier molecular flexibility index (Phi) is 4.75. The number of carbonyl (C=O) groups is 1. The van der Waals surface area contributed by atoms with Crippen molar-refractivity contribution in [3.05, 3.63) is 64.6 Å². The van der Waals surface area contributed by atoms with Crippen LogP contribution in [0.15, 0.2) is 47.1 Å². The molecule has 6 heteroatoms. The first-order valence-corrected chi connectivity index (χ1v) is 9.55. The molecule has 5 nitrogen and oxygen atoms in total. The van der Waals surface area contributed by atoms with E-state index in [4.69, 9.17) is 9.15 Å². The quantitative estimate of drug-likeness (QED) is 0.709. The van der Waals surface area contributed by atoms with Crippen LogP contribution in [-0.2, 0) is 19.4 Å². The van der Waals surface area contributed by atoms with Gasteiger partial charge in [0, 0.05) is 10.4 Å². The van der Waals surface area contributed by atoms with E-state index in [-0.39, 0.29) is 18.3 Å². The summed E-state index contributed by atoms with van der Waals surface area (Å²) in [6, 6.07) is 11.2. The summed E-state index contributed by atoms with van der Waals surface area (Å²) >= 11 is 1.56. The maximum Gasteiger partial charge on any atom is 0.293 e. The van der Waals surface area contributed by atoms with Gasteiger partial charge in [-0.25, -0.2) is 4.98 Å². The molecule has 0 spiro atoms. The maximum atomic E-state index is 12.6. The lowest BCUT2D eigenvalue weighted by molar-refractivity contribution is 0.0993. The predicted molar refractivity (Wildman–Crippen MR) is 101 cm³/mol. The molecule has 0 fully saturated rings. The third-order valence-electron chi connectivity index (χ3n) is 4.50. The van der Waals surface area contributed by atoms with Crippen molar-refractivity contribution < 1.29 is 13.9 Å². The molecule has 26 heavy (non-hydrogen) atoms. The number of nitrogens with one attached hydrogen (secondary N) is 1. The minimum Gasteiger partial charge on any atom is -0.489 e. The highest BCUT2D eigenvalue weighted by Crippen LogP contribution is 2.32. The van der Waals surface area contributed by atoms with Crippen molar-refractivity contribution >= 4 is 22.4 Å². The van der Waals surface area contributed by atoms with Crippen LogP contribution in [0.25, 0.3) is 0 Å². The molecule has 1 N–H and O–H groups in total. The Morgan fingerprint density at radius 2 is 2.19 bits per heavy atom. The van der Waals surface area contributed by atoms with Gasteiger partial charge in [0.25, 0.3) is 5.91 Å². The number of hydrogen-bond donors (Lipinski definition) is 1. The number of rotatable bonds is 5. The molecule has 1 amide bonds. The summed E-state index contributed by atoms with van der Waals surface area (Å²) in [7, 11) is 0. The van der Waals surface area contributed by atoms with Crippen molar-refractivity contribution in [2.75, 3.05) is 5.32 Å². The average Bonchev–Trinajstić information content (AvgIpc) is 3.26. The molecule has 134 valence electrons. The molecule has 1 aliphatic carbocycles. The van der Waals surface area contributed by atoms with Gasteiger partial charge in [0.05, 0.1) is 12.0 Å². The van der Waals surface area contributed by atoms with Crippen LogP contribution < -0.4 is 10.1 Å². The van der Waals surface area contributed by atoms with Crippen molar-refractivity contribution in [1.29, 1.82) is 0 Å². The van der Waals surface area contributed by atoms with Crippen LogP contribution in [0, 0.1) is 5.92 Å². The number of fused-ring (bicyclic) bond motifs is 1. The normalized spacial score (nSPS) is 16.1. The van der Waals surface area contributed by atoms with E-state index in [1.54, 1.807) is 17.4 Å². The fourth-order valence-corrected chi connectivity index (χ4v) is 4.24. The first-order chi connectivity index (χ1) is 12.7. The zero-order chi connectivity index (χ0) is 17.9. The van der Waals surface area contributed by atoms with Crippen LogP contribution in [0.4, 0.5) is 5.13 Å². The van der Waals surface area contributed by atoms with E-state index in [2.05, 4.69) is 17.2 Å². The number of furan rings is 1. The SMILES string of the molecule is CC1CCc2nc(NC(=O)c3occc3COc3ccccc3)sc2C1. The number of ether oxygens (including phenoxy) is 1. The summed E-state index contributed by atoms with van der Waals surface area (Å²) in [5.41, 5.74) is 1.83. The lowest BCUT2D eigenvalue weighted by Crippen LogP contribution is -2.13. The molecule has 1 atom stereocenters. The number of aryl methyl sites for hydroxylation is 1. The Hall–Kier alpha value is -2.60. The van der Waals surface area contributed by atoms with Gasteiger partial charge in [0.2, 0.25) is 0 Å². The smallest absolute Gasteiger partial charge is 0.293 e. The van der Waals surface area contributed by atoms with E-state index < -0.39 is 0 Å². The molecule has 0 saturated heterocycles. The molecular weight excluding hydrogens is 348 g/mol. The molecule has 1 unspecified atom stereocenters. The third-order valence-corrected chi connectivity index (χ3v) is 5.53. The van der Waals surface area contributed by atoms with Gasteiger partial charge in [-0.2, -0.15) is 0 Å². The summed E-state index contributed by atoms with van der Waals surface area (Å²) in [4.78, 5) is 18.4. The van der Waals surface area contributed by atoms with Crippen molar-refractivity contribution in [1.82, 2.24) is 4.98 Å². The molecule has 0 aliphatic heterocycles. The molecule has 3 aromatic rings. The zero-order valence-corrected chi connectivity index (χ0v) is 15.3. The summed E-state index contributed by atoms with van der Waals surface area (Å²) in [6.07, 6.45) is 4.69. The summed E-state index contributed by atoms with van der Waals surface area (Å²) in [5.74, 6) is 1.41. The lowest BCUT2D eigenvalue weighted by atomic mass is 9.93. The number of thiazole rings is 1. The maximum absolute atomic E-state index is 12.6. The number of amides is 1. The van der Waals surface area contributed by atoms with Crippen molar-refractivity contribution in [2.45, 2.75) is 32.8 Å². The second-order valence-corrected chi connectivity index (χ2v) is 7.65. The zero-order valence-electron chi connectivity index (χ0n) is 14.5.